The minimum absolute atomic E-state index is 0.0343. The summed E-state index contributed by atoms with van der Waals surface area (Å²) in [7, 11) is 0. The van der Waals surface area contributed by atoms with Crippen molar-refractivity contribution in [2.24, 2.45) is 0 Å². The van der Waals surface area contributed by atoms with Crippen LogP contribution < -0.4 is 11.2 Å². The molecular formula is C9H10BF3NO2-. The summed E-state index contributed by atoms with van der Waals surface area (Å²) in [4.78, 5) is 10.5. The number of rotatable bonds is 3. The van der Waals surface area contributed by atoms with Gasteiger partial charge < -0.3 is 23.8 Å². The Labute approximate surface area is 90.1 Å². The smallest absolute Gasteiger partial charge is 0.481 e. The van der Waals surface area contributed by atoms with Gasteiger partial charge >= 0.3 is 12.9 Å². The number of benzene rings is 1. The molecule has 1 rings (SSSR count). The number of anilines is 1. The van der Waals surface area contributed by atoms with E-state index in [1.807, 2.05) is 0 Å². The van der Waals surface area contributed by atoms with Crippen molar-refractivity contribution in [2.45, 2.75) is 13.3 Å². The van der Waals surface area contributed by atoms with Crippen molar-refractivity contribution in [3.05, 3.63) is 23.3 Å². The van der Waals surface area contributed by atoms with Gasteiger partial charge in [0.2, 0.25) is 0 Å². The number of aliphatic carboxylic acids is 1. The molecule has 0 atom stereocenters. The van der Waals surface area contributed by atoms with E-state index in [-0.39, 0.29) is 11.3 Å². The number of carboxylic acid groups (broad SMARTS) is 1. The van der Waals surface area contributed by atoms with Gasteiger partial charge in [0.1, 0.15) is 0 Å². The maximum absolute atomic E-state index is 12.5. The Kier molecular flexibility index (Phi) is 3.16. The number of carboxylic acids is 1. The lowest BCUT2D eigenvalue weighted by Crippen LogP contribution is -2.35. The molecule has 0 radical (unpaired) electrons. The van der Waals surface area contributed by atoms with Crippen molar-refractivity contribution in [1.29, 1.82) is 0 Å². The third-order valence-electron chi connectivity index (χ3n) is 2.30. The zero-order chi connectivity index (χ0) is 12.5. The number of nitrogens with two attached hydrogens (primary N) is 1. The maximum Gasteiger partial charge on any atom is 0.509 e. The van der Waals surface area contributed by atoms with Gasteiger partial charge in [-0.3, -0.25) is 4.79 Å². The maximum atomic E-state index is 12.5. The minimum Gasteiger partial charge on any atom is -0.481 e. The number of hydrogen-bond acceptors (Lipinski definition) is 2. The minimum atomic E-state index is -5.16. The van der Waals surface area contributed by atoms with Gasteiger partial charge in [-0.15, -0.1) is 5.46 Å². The standard InChI is InChI=1S/C9H10BF3NO2/c1-5-6(3-9(15)16)2-7(4-8(5)14)10(11,12)13/h2,4H,3,14H2,1H3,(H,15,16)/q-1. The molecule has 1 aromatic rings. The van der Waals surface area contributed by atoms with Gasteiger partial charge in [0.05, 0.1) is 6.42 Å². The predicted molar refractivity (Wildman–Crippen MR) is 55.6 cm³/mol. The van der Waals surface area contributed by atoms with Crippen LogP contribution in [0.25, 0.3) is 0 Å². The Bertz CT molecular complexity index is 431. The molecule has 0 fully saturated rings. The number of hydrogen-bond donors (Lipinski definition) is 2. The molecule has 0 aliphatic carbocycles. The zero-order valence-electron chi connectivity index (χ0n) is 8.51. The summed E-state index contributed by atoms with van der Waals surface area (Å²) in [5.74, 6) is -1.19. The molecule has 0 bridgehead atoms. The topological polar surface area (TPSA) is 63.3 Å². The molecule has 0 aliphatic rings. The molecule has 0 saturated carbocycles. The number of carbonyl (C=O) groups is 1. The molecule has 0 heterocycles. The Hall–Kier alpha value is -1.66. The van der Waals surface area contributed by atoms with Gasteiger partial charge in [0.25, 0.3) is 0 Å². The second-order valence-electron chi connectivity index (χ2n) is 3.54. The van der Waals surface area contributed by atoms with Gasteiger partial charge in [-0.1, -0.05) is 12.1 Å². The number of halogens is 3. The molecular weight excluding hydrogens is 222 g/mol. The van der Waals surface area contributed by atoms with E-state index in [2.05, 4.69) is 0 Å². The first kappa shape index (κ1) is 12.4. The highest BCUT2D eigenvalue weighted by molar-refractivity contribution is 6.73. The molecule has 16 heavy (non-hydrogen) atoms. The second kappa shape index (κ2) is 4.07. The quantitative estimate of drug-likeness (QED) is 0.609. The summed E-state index contributed by atoms with van der Waals surface area (Å²) in [6.45, 7) is -3.66. The molecule has 1 aromatic carbocycles. The largest absolute Gasteiger partial charge is 0.509 e. The van der Waals surface area contributed by atoms with Crippen LogP contribution in [0.1, 0.15) is 11.1 Å². The van der Waals surface area contributed by atoms with E-state index in [1.54, 1.807) is 0 Å². The van der Waals surface area contributed by atoms with Crippen LogP contribution in [0.3, 0.4) is 0 Å². The highest BCUT2D eigenvalue weighted by Gasteiger charge is 2.26. The van der Waals surface area contributed by atoms with Crippen LogP contribution in [0.4, 0.5) is 18.6 Å². The second-order valence-corrected chi connectivity index (χ2v) is 3.54. The fraction of sp³-hybridized carbons (Fsp3) is 0.222. The van der Waals surface area contributed by atoms with Gasteiger partial charge in [-0.25, -0.2) is 0 Å². The van der Waals surface area contributed by atoms with Crippen molar-refractivity contribution < 1.29 is 22.8 Å². The van der Waals surface area contributed by atoms with Gasteiger partial charge in [0.15, 0.2) is 0 Å². The van der Waals surface area contributed by atoms with Gasteiger partial charge in [-0.05, 0) is 18.1 Å². The summed E-state index contributed by atoms with van der Waals surface area (Å²) < 4.78 is 37.4. The van der Waals surface area contributed by atoms with Gasteiger partial charge in [-0.2, -0.15) is 0 Å². The van der Waals surface area contributed by atoms with E-state index in [0.29, 0.717) is 5.56 Å². The molecule has 0 saturated heterocycles. The predicted octanol–water partition coefficient (Wildman–Crippen LogP) is 1.26. The molecule has 0 aromatic heterocycles. The van der Waals surface area contributed by atoms with Crippen molar-refractivity contribution in [3.8, 4) is 0 Å². The van der Waals surface area contributed by atoms with Crippen LogP contribution in [0, 0.1) is 6.92 Å². The number of nitrogen functional groups attached to an aromatic ring is 1. The van der Waals surface area contributed by atoms with Gasteiger partial charge in [0, 0.05) is 5.69 Å². The normalized spacial score (nSPS) is 11.5. The first-order chi connectivity index (χ1) is 7.21. The highest BCUT2D eigenvalue weighted by atomic mass is 19.4. The fourth-order valence-electron chi connectivity index (χ4n) is 1.36. The Morgan fingerprint density at radius 2 is 2.00 bits per heavy atom. The Morgan fingerprint density at radius 3 is 2.44 bits per heavy atom. The van der Waals surface area contributed by atoms with Crippen molar-refractivity contribution in [3.63, 3.8) is 0 Å². The average molecular weight is 232 g/mol. The van der Waals surface area contributed by atoms with E-state index >= 15 is 0 Å². The summed E-state index contributed by atoms with van der Waals surface area (Å²) >= 11 is 0. The first-order valence-electron chi connectivity index (χ1n) is 4.52. The Balaban J connectivity index is 3.27. The average Bonchev–Trinajstić information content (AvgIpc) is 2.10. The monoisotopic (exact) mass is 232 g/mol. The summed E-state index contributed by atoms with van der Waals surface area (Å²) in [6, 6.07) is 1.68. The van der Waals surface area contributed by atoms with Crippen LogP contribution in [0.15, 0.2) is 12.1 Å². The SMILES string of the molecule is Cc1c(N)cc([B-](F)(F)F)cc1CC(=O)O. The Morgan fingerprint density at radius 1 is 1.44 bits per heavy atom. The summed E-state index contributed by atoms with van der Waals surface area (Å²) in [6.07, 6.45) is -0.462. The zero-order valence-corrected chi connectivity index (χ0v) is 8.51. The van der Waals surface area contributed by atoms with Crippen LogP contribution >= 0.6 is 0 Å². The molecule has 88 valence electrons. The van der Waals surface area contributed by atoms with Crippen LogP contribution in [0.5, 0.6) is 0 Å². The lowest BCUT2D eigenvalue weighted by Gasteiger charge is -2.18. The summed E-state index contributed by atoms with van der Waals surface area (Å²) in [5.41, 5.74) is 4.99. The molecule has 0 aliphatic heterocycles. The van der Waals surface area contributed by atoms with Crippen LogP contribution in [-0.2, 0) is 11.2 Å². The van der Waals surface area contributed by atoms with E-state index < -0.39 is 24.8 Å². The third-order valence-corrected chi connectivity index (χ3v) is 2.30. The lowest BCUT2D eigenvalue weighted by molar-refractivity contribution is -0.136. The van der Waals surface area contributed by atoms with E-state index in [9.17, 15) is 17.7 Å². The summed E-state index contributed by atoms with van der Waals surface area (Å²) in [5, 5.41) is 8.56. The van der Waals surface area contributed by atoms with Crippen molar-refractivity contribution in [1.82, 2.24) is 0 Å². The van der Waals surface area contributed by atoms with E-state index in [0.717, 1.165) is 12.1 Å². The van der Waals surface area contributed by atoms with E-state index in [4.69, 9.17) is 10.8 Å². The molecule has 0 amide bonds. The fourth-order valence-corrected chi connectivity index (χ4v) is 1.36. The van der Waals surface area contributed by atoms with Crippen molar-refractivity contribution >= 4 is 24.1 Å². The van der Waals surface area contributed by atoms with Crippen LogP contribution in [0.2, 0.25) is 0 Å². The molecule has 7 heteroatoms. The molecule has 3 nitrogen and oxygen atoms in total. The third kappa shape index (κ3) is 2.68. The van der Waals surface area contributed by atoms with Crippen molar-refractivity contribution in [2.75, 3.05) is 5.73 Å². The molecule has 3 N–H and O–H groups in total. The molecule has 0 unspecified atom stereocenters. The first-order valence-corrected chi connectivity index (χ1v) is 4.52. The molecule has 0 spiro atoms. The van der Waals surface area contributed by atoms with E-state index in [1.165, 1.54) is 6.92 Å². The highest BCUT2D eigenvalue weighted by Crippen LogP contribution is 2.19. The lowest BCUT2D eigenvalue weighted by atomic mass is 9.78. The van der Waals surface area contributed by atoms with Crippen LogP contribution in [-0.4, -0.2) is 18.1 Å².